The average molecular weight is 297 g/mol. The lowest BCUT2D eigenvalue weighted by Crippen LogP contribution is -2.35. The summed E-state index contributed by atoms with van der Waals surface area (Å²) in [5.74, 6) is 0.249. The van der Waals surface area contributed by atoms with Crippen molar-refractivity contribution in [3.8, 4) is 11.1 Å². The van der Waals surface area contributed by atoms with E-state index in [2.05, 4.69) is 54.8 Å². The second-order valence-electron chi connectivity index (χ2n) is 5.28. The van der Waals surface area contributed by atoms with Gasteiger partial charge in [-0.1, -0.05) is 24.3 Å². The molecule has 0 atom stereocenters. The normalized spacial score (nSPS) is 15.3. The SMILES string of the molecule is CSc1cccc(-c2ccc(N3CCCCC3=O)cc2)c1. The first-order valence-corrected chi connectivity index (χ1v) is 8.55. The van der Waals surface area contributed by atoms with Crippen LogP contribution >= 0.6 is 11.8 Å². The third kappa shape index (κ3) is 3.13. The number of nitrogens with zero attached hydrogens (tertiary/aromatic N) is 1. The molecule has 0 aromatic heterocycles. The summed E-state index contributed by atoms with van der Waals surface area (Å²) in [5.41, 5.74) is 3.43. The number of rotatable bonds is 3. The first-order valence-electron chi connectivity index (χ1n) is 7.33. The first-order chi connectivity index (χ1) is 10.3. The van der Waals surface area contributed by atoms with Crippen molar-refractivity contribution in [2.45, 2.75) is 24.2 Å². The number of thioether (sulfide) groups is 1. The minimum Gasteiger partial charge on any atom is -0.312 e. The van der Waals surface area contributed by atoms with Crippen LogP contribution in [0.3, 0.4) is 0 Å². The van der Waals surface area contributed by atoms with Gasteiger partial charge in [0.1, 0.15) is 0 Å². The Labute approximate surface area is 130 Å². The van der Waals surface area contributed by atoms with Gasteiger partial charge in [-0.25, -0.2) is 0 Å². The Balaban J connectivity index is 1.84. The van der Waals surface area contributed by atoms with Crippen LogP contribution in [-0.2, 0) is 4.79 Å². The van der Waals surface area contributed by atoms with Gasteiger partial charge in [0.2, 0.25) is 5.91 Å². The molecule has 1 amide bonds. The van der Waals surface area contributed by atoms with Crippen LogP contribution in [0.5, 0.6) is 0 Å². The van der Waals surface area contributed by atoms with Gasteiger partial charge < -0.3 is 4.90 Å². The second-order valence-corrected chi connectivity index (χ2v) is 6.16. The van der Waals surface area contributed by atoms with Gasteiger partial charge >= 0.3 is 0 Å². The van der Waals surface area contributed by atoms with Crippen molar-refractivity contribution >= 4 is 23.4 Å². The van der Waals surface area contributed by atoms with Crippen LogP contribution in [0.4, 0.5) is 5.69 Å². The summed E-state index contributed by atoms with van der Waals surface area (Å²) in [6, 6.07) is 16.9. The molecule has 3 heteroatoms. The third-order valence-corrected chi connectivity index (χ3v) is 4.63. The first kappa shape index (κ1) is 14.2. The molecular weight excluding hydrogens is 278 g/mol. The molecule has 0 unspecified atom stereocenters. The maximum absolute atomic E-state index is 12.0. The van der Waals surface area contributed by atoms with Crippen LogP contribution in [0, 0.1) is 0 Å². The van der Waals surface area contributed by atoms with Crippen molar-refractivity contribution < 1.29 is 4.79 Å². The molecule has 2 aromatic rings. The van der Waals surface area contributed by atoms with E-state index in [4.69, 9.17) is 0 Å². The van der Waals surface area contributed by atoms with Gasteiger partial charge in [-0.3, -0.25) is 4.79 Å². The molecule has 0 N–H and O–H groups in total. The Morgan fingerprint density at radius 2 is 1.81 bits per heavy atom. The minimum absolute atomic E-state index is 0.249. The molecule has 1 fully saturated rings. The predicted octanol–water partition coefficient (Wildman–Crippen LogP) is 4.59. The summed E-state index contributed by atoms with van der Waals surface area (Å²) >= 11 is 1.75. The van der Waals surface area contributed by atoms with E-state index in [-0.39, 0.29) is 5.91 Å². The Morgan fingerprint density at radius 1 is 1.00 bits per heavy atom. The predicted molar refractivity (Wildman–Crippen MR) is 89.9 cm³/mol. The zero-order valence-electron chi connectivity index (χ0n) is 12.2. The summed E-state index contributed by atoms with van der Waals surface area (Å²) < 4.78 is 0. The topological polar surface area (TPSA) is 20.3 Å². The number of anilines is 1. The van der Waals surface area contributed by atoms with E-state index in [9.17, 15) is 4.79 Å². The molecule has 0 aliphatic carbocycles. The van der Waals surface area contributed by atoms with Gasteiger partial charge in [0.05, 0.1) is 0 Å². The average Bonchev–Trinajstić information content (AvgIpc) is 2.56. The molecule has 0 saturated carbocycles. The molecule has 1 saturated heterocycles. The summed E-state index contributed by atoms with van der Waals surface area (Å²) in [6.07, 6.45) is 4.89. The Kier molecular flexibility index (Phi) is 4.30. The van der Waals surface area contributed by atoms with Crippen LogP contribution in [-0.4, -0.2) is 18.7 Å². The maximum atomic E-state index is 12.0. The minimum atomic E-state index is 0.249. The van der Waals surface area contributed by atoms with Gasteiger partial charge in [0.15, 0.2) is 0 Å². The lowest BCUT2D eigenvalue weighted by atomic mass is 10.0. The van der Waals surface area contributed by atoms with E-state index in [0.29, 0.717) is 6.42 Å². The second kappa shape index (κ2) is 6.35. The number of hydrogen-bond donors (Lipinski definition) is 0. The van der Waals surface area contributed by atoms with Gasteiger partial charge in [-0.2, -0.15) is 0 Å². The van der Waals surface area contributed by atoms with Crippen LogP contribution in [0.1, 0.15) is 19.3 Å². The standard InChI is InChI=1S/C18H19NOS/c1-21-17-6-4-5-15(13-17)14-8-10-16(11-9-14)19-12-3-2-7-18(19)20/h4-6,8-11,13H,2-3,7,12H2,1H3. The molecule has 1 aliphatic rings. The number of amides is 1. The lowest BCUT2D eigenvalue weighted by molar-refractivity contribution is -0.119. The highest BCUT2D eigenvalue weighted by Crippen LogP contribution is 2.27. The number of carbonyl (C=O) groups is 1. The van der Waals surface area contributed by atoms with Gasteiger partial charge in [-0.05, 0) is 54.5 Å². The van der Waals surface area contributed by atoms with Crippen LogP contribution in [0.2, 0.25) is 0 Å². The highest BCUT2D eigenvalue weighted by atomic mass is 32.2. The van der Waals surface area contributed by atoms with Crippen molar-refractivity contribution in [2.75, 3.05) is 17.7 Å². The van der Waals surface area contributed by atoms with E-state index in [1.54, 1.807) is 11.8 Å². The molecule has 21 heavy (non-hydrogen) atoms. The van der Waals surface area contributed by atoms with E-state index >= 15 is 0 Å². The van der Waals surface area contributed by atoms with E-state index in [1.807, 2.05) is 4.90 Å². The monoisotopic (exact) mass is 297 g/mol. The molecule has 1 heterocycles. The van der Waals surface area contributed by atoms with Crippen molar-refractivity contribution in [1.82, 2.24) is 0 Å². The fourth-order valence-electron chi connectivity index (χ4n) is 2.72. The maximum Gasteiger partial charge on any atom is 0.226 e. The summed E-state index contributed by atoms with van der Waals surface area (Å²) in [6.45, 7) is 0.847. The molecule has 108 valence electrons. The number of hydrogen-bond acceptors (Lipinski definition) is 2. The van der Waals surface area contributed by atoms with Crippen LogP contribution in [0.25, 0.3) is 11.1 Å². The van der Waals surface area contributed by atoms with E-state index in [0.717, 1.165) is 25.1 Å². The zero-order chi connectivity index (χ0) is 14.7. The Bertz CT molecular complexity index is 636. The fraction of sp³-hybridized carbons (Fsp3) is 0.278. The highest BCUT2D eigenvalue weighted by Gasteiger charge is 2.19. The Hall–Kier alpha value is -1.74. The van der Waals surface area contributed by atoms with Crippen molar-refractivity contribution in [3.05, 3.63) is 48.5 Å². The van der Waals surface area contributed by atoms with Crippen LogP contribution < -0.4 is 4.90 Å². The summed E-state index contributed by atoms with van der Waals surface area (Å²) in [7, 11) is 0. The van der Waals surface area contributed by atoms with Gasteiger partial charge in [0.25, 0.3) is 0 Å². The smallest absolute Gasteiger partial charge is 0.226 e. The fourth-order valence-corrected chi connectivity index (χ4v) is 3.17. The lowest BCUT2D eigenvalue weighted by Gasteiger charge is -2.26. The molecule has 2 nitrogen and oxygen atoms in total. The zero-order valence-corrected chi connectivity index (χ0v) is 13.0. The molecule has 3 rings (SSSR count). The van der Waals surface area contributed by atoms with E-state index in [1.165, 1.54) is 16.0 Å². The number of piperidine rings is 1. The van der Waals surface area contributed by atoms with Gasteiger partial charge in [-0.15, -0.1) is 11.8 Å². The molecule has 0 spiro atoms. The Morgan fingerprint density at radius 3 is 2.52 bits per heavy atom. The van der Waals surface area contributed by atoms with Gasteiger partial charge in [0, 0.05) is 23.5 Å². The van der Waals surface area contributed by atoms with E-state index < -0.39 is 0 Å². The molecule has 0 radical (unpaired) electrons. The van der Waals surface area contributed by atoms with Crippen LogP contribution in [0.15, 0.2) is 53.4 Å². The van der Waals surface area contributed by atoms with Crippen molar-refractivity contribution in [3.63, 3.8) is 0 Å². The quantitative estimate of drug-likeness (QED) is 0.772. The number of carbonyl (C=O) groups excluding carboxylic acids is 1. The van der Waals surface area contributed by atoms with Crippen molar-refractivity contribution in [1.29, 1.82) is 0 Å². The summed E-state index contributed by atoms with van der Waals surface area (Å²) in [5, 5.41) is 0. The third-order valence-electron chi connectivity index (χ3n) is 3.91. The highest BCUT2D eigenvalue weighted by molar-refractivity contribution is 7.98. The molecular formula is C18H19NOS. The molecule has 1 aliphatic heterocycles. The molecule has 2 aromatic carbocycles. The summed E-state index contributed by atoms with van der Waals surface area (Å²) in [4.78, 5) is 15.1. The molecule has 0 bridgehead atoms. The largest absolute Gasteiger partial charge is 0.312 e. The number of benzene rings is 2. The van der Waals surface area contributed by atoms with Crippen molar-refractivity contribution in [2.24, 2.45) is 0 Å².